The zero-order valence-electron chi connectivity index (χ0n) is 14.3. The molecule has 1 N–H and O–H groups in total. The summed E-state index contributed by atoms with van der Waals surface area (Å²) in [5.41, 5.74) is 2.17. The maximum atomic E-state index is 11.5. The molecule has 5 nitrogen and oxygen atoms in total. The lowest BCUT2D eigenvalue weighted by atomic mass is 10.2. The molecule has 0 spiro atoms. The molecule has 1 aromatic rings. The quantitative estimate of drug-likeness (QED) is 0.812. The zero-order valence-corrected chi connectivity index (χ0v) is 15.2. The first-order valence-corrected chi connectivity index (χ1v) is 8.05. The van der Waals surface area contributed by atoms with Crippen molar-refractivity contribution in [2.45, 2.75) is 40.2 Å². The van der Waals surface area contributed by atoms with Crippen LogP contribution in [0.2, 0.25) is 0 Å². The number of amides is 1. The topological polar surface area (TPSA) is 66.8 Å². The van der Waals surface area contributed by atoms with Crippen LogP contribution in [0.25, 0.3) is 0 Å². The summed E-state index contributed by atoms with van der Waals surface area (Å²) in [6.07, 6.45) is 0.745. The molecular weight excluding hydrogens is 314 g/mol. The number of carbonyl (C=O) groups excluding carboxylic acids is 2. The second-order valence-corrected chi connectivity index (χ2v) is 5.84. The molecule has 0 aromatic heterocycles. The minimum atomic E-state index is -0.139. The Morgan fingerprint density at radius 2 is 1.87 bits per heavy atom. The van der Waals surface area contributed by atoms with Gasteiger partial charge in [0.25, 0.3) is 5.91 Å². The van der Waals surface area contributed by atoms with E-state index in [0.29, 0.717) is 13.2 Å². The smallest absolute Gasteiger partial charge is 0.253 e. The number of hydrogen-bond donors (Lipinski definition) is 2. The van der Waals surface area contributed by atoms with Crippen molar-refractivity contribution in [1.29, 1.82) is 0 Å². The van der Waals surface area contributed by atoms with Gasteiger partial charge in [0.1, 0.15) is 6.61 Å². The molecule has 1 unspecified atom stereocenters. The van der Waals surface area contributed by atoms with Crippen molar-refractivity contribution in [1.82, 2.24) is 0 Å². The lowest BCUT2D eigenvalue weighted by molar-refractivity contribution is -0.125. The van der Waals surface area contributed by atoms with Crippen LogP contribution in [0.15, 0.2) is 24.3 Å². The molecule has 1 aliphatic heterocycles. The Hall–Kier alpha value is -1.37. The second kappa shape index (κ2) is 12.1. The standard InChI is InChI=1S/C11H13NO2.C4H10O.C2H4OS/c1-9-2-4-10(5-3-9)12-6-7-14-8-11(12)13;1-3-4(2)5;1-2(3)4/h2-5H,6-8H2,1H3;4-5H,3H2,1-2H3;1H3,(H,3,4). The number of benzene rings is 1. The number of ether oxygens (including phenoxy) is 1. The summed E-state index contributed by atoms with van der Waals surface area (Å²) in [7, 11) is 0. The molecule has 1 aliphatic rings. The zero-order chi connectivity index (χ0) is 17.8. The van der Waals surface area contributed by atoms with Crippen molar-refractivity contribution in [3.8, 4) is 0 Å². The number of aliphatic hydroxyl groups is 1. The van der Waals surface area contributed by atoms with Gasteiger partial charge in [0.2, 0.25) is 0 Å². The number of aryl methyl sites for hydroxylation is 1. The summed E-state index contributed by atoms with van der Waals surface area (Å²) in [5, 5.41) is 8.22. The van der Waals surface area contributed by atoms with Crippen LogP contribution in [-0.4, -0.2) is 42.0 Å². The van der Waals surface area contributed by atoms with Gasteiger partial charge in [-0.25, -0.2) is 0 Å². The minimum absolute atomic E-state index is 0.0418. The molecule has 1 heterocycles. The average molecular weight is 341 g/mol. The van der Waals surface area contributed by atoms with Gasteiger partial charge in [0, 0.05) is 19.2 Å². The normalized spacial score (nSPS) is 14.9. The fraction of sp³-hybridized carbons (Fsp3) is 0.529. The van der Waals surface area contributed by atoms with Crippen LogP contribution >= 0.6 is 12.6 Å². The van der Waals surface area contributed by atoms with Gasteiger partial charge in [-0.1, -0.05) is 24.6 Å². The van der Waals surface area contributed by atoms with Gasteiger partial charge in [0.15, 0.2) is 5.12 Å². The van der Waals surface area contributed by atoms with Crippen LogP contribution in [0.5, 0.6) is 0 Å². The van der Waals surface area contributed by atoms with Gasteiger partial charge in [-0.2, -0.15) is 0 Å². The summed E-state index contributed by atoms with van der Waals surface area (Å²) < 4.78 is 5.07. The van der Waals surface area contributed by atoms with Crippen LogP contribution in [-0.2, 0) is 14.3 Å². The van der Waals surface area contributed by atoms with E-state index in [-0.39, 0.29) is 23.7 Å². The minimum Gasteiger partial charge on any atom is -0.393 e. The van der Waals surface area contributed by atoms with Crippen molar-refractivity contribution in [3.05, 3.63) is 29.8 Å². The Bertz CT molecular complexity index is 470. The van der Waals surface area contributed by atoms with Crippen molar-refractivity contribution in [2.24, 2.45) is 0 Å². The number of nitrogens with zero attached hydrogens (tertiary/aromatic N) is 1. The van der Waals surface area contributed by atoms with Crippen molar-refractivity contribution in [2.75, 3.05) is 24.7 Å². The van der Waals surface area contributed by atoms with Crippen molar-refractivity contribution >= 4 is 29.3 Å². The maximum absolute atomic E-state index is 11.5. The molecule has 23 heavy (non-hydrogen) atoms. The van der Waals surface area contributed by atoms with E-state index in [0.717, 1.165) is 12.1 Å². The molecule has 0 radical (unpaired) electrons. The van der Waals surface area contributed by atoms with E-state index in [2.05, 4.69) is 12.6 Å². The van der Waals surface area contributed by atoms with E-state index >= 15 is 0 Å². The van der Waals surface area contributed by atoms with Gasteiger partial charge >= 0.3 is 0 Å². The highest BCUT2D eigenvalue weighted by Gasteiger charge is 2.19. The predicted molar refractivity (Wildman–Crippen MR) is 96.0 cm³/mol. The van der Waals surface area contributed by atoms with E-state index in [1.54, 1.807) is 11.8 Å². The van der Waals surface area contributed by atoms with E-state index in [1.807, 2.05) is 38.1 Å². The molecule has 1 saturated heterocycles. The summed E-state index contributed by atoms with van der Waals surface area (Å²) in [6.45, 7) is 8.63. The Kier molecular flexibility index (Phi) is 11.4. The first kappa shape index (κ1) is 21.6. The lowest BCUT2D eigenvalue weighted by Gasteiger charge is -2.26. The van der Waals surface area contributed by atoms with Crippen molar-refractivity contribution in [3.63, 3.8) is 0 Å². The largest absolute Gasteiger partial charge is 0.393 e. The Balaban J connectivity index is 0.000000450. The van der Waals surface area contributed by atoms with E-state index in [9.17, 15) is 9.59 Å². The molecule has 1 aromatic carbocycles. The van der Waals surface area contributed by atoms with Gasteiger partial charge in [-0.05, 0) is 32.4 Å². The van der Waals surface area contributed by atoms with Gasteiger partial charge in [-0.3, -0.25) is 9.59 Å². The number of rotatable bonds is 2. The highest BCUT2D eigenvalue weighted by molar-refractivity contribution is 7.96. The summed E-state index contributed by atoms with van der Waals surface area (Å²) in [6, 6.07) is 7.97. The van der Waals surface area contributed by atoms with E-state index in [4.69, 9.17) is 9.84 Å². The van der Waals surface area contributed by atoms with Crippen LogP contribution in [0.4, 0.5) is 5.69 Å². The molecule has 1 amide bonds. The monoisotopic (exact) mass is 341 g/mol. The third-order valence-electron chi connectivity index (χ3n) is 2.92. The third kappa shape index (κ3) is 10.9. The maximum Gasteiger partial charge on any atom is 0.253 e. The first-order valence-electron chi connectivity index (χ1n) is 7.60. The number of aliphatic hydroxyl groups excluding tert-OH is 1. The summed E-state index contributed by atoms with van der Waals surface area (Å²) >= 11 is 3.33. The van der Waals surface area contributed by atoms with Gasteiger partial charge in [-0.15, -0.1) is 12.6 Å². The molecule has 2 rings (SSSR count). The van der Waals surface area contributed by atoms with E-state index in [1.165, 1.54) is 12.5 Å². The summed E-state index contributed by atoms with van der Waals surface area (Å²) in [5.74, 6) is 0.0418. The summed E-state index contributed by atoms with van der Waals surface area (Å²) in [4.78, 5) is 22.6. The molecule has 1 atom stereocenters. The molecular formula is C17H27NO4S. The Morgan fingerprint density at radius 3 is 2.26 bits per heavy atom. The highest BCUT2D eigenvalue weighted by atomic mass is 32.1. The number of hydrogen-bond acceptors (Lipinski definition) is 4. The fourth-order valence-corrected chi connectivity index (χ4v) is 1.52. The van der Waals surface area contributed by atoms with Gasteiger partial charge < -0.3 is 14.7 Å². The second-order valence-electron chi connectivity index (χ2n) is 5.21. The van der Waals surface area contributed by atoms with Crippen LogP contribution in [0.1, 0.15) is 32.8 Å². The lowest BCUT2D eigenvalue weighted by Crippen LogP contribution is -2.41. The molecule has 1 fully saturated rings. The molecule has 0 aliphatic carbocycles. The first-order chi connectivity index (χ1) is 10.8. The van der Waals surface area contributed by atoms with Crippen LogP contribution < -0.4 is 4.90 Å². The molecule has 6 heteroatoms. The molecule has 130 valence electrons. The number of anilines is 1. The SMILES string of the molecule is CC(=O)S.CCC(C)O.Cc1ccc(N2CCOCC2=O)cc1. The Labute approximate surface area is 144 Å². The van der Waals surface area contributed by atoms with Crippen LogP contribution in [0.3, 0.4) is 0 Å². The van der Waals surface area contributed by atoms with Crippen LogP contribution in [0, 0.1) is 6.92 Å². The van der Waals surface area contributed by atoms with Gasteiger partial charge in [0.05, 0.1) is 12.7 Å². The fourth-order valence-electron chi connectivity index (χ4n) is 1.52. The number of thiol groups is 1. The third-order valence-corrected chi connectivity index (χ3v) is 2.92. The number of morpholine rings is 1. The van der Waals surface area contributed by atoms with Crippen molar-refractivity contribution < 1.29 is 19.4 Å². The highest BCUT2D eigenvalue weighted by Crippen LogP contribution is 2.16. The average Bonchev–Trinajstić information content (AvgIpc) is 2.49. The Morgan fingerprint density at radius 1 is 1.39 bits per heavy atom. The molecule has 0 bridgehead atoms. The van der Waals surface area contributed by atoms with E-state index < -0.39 is 0 Å². The molecule has 0 saturated carbocycles. The predicted octanol–water partition coefficient (Wildman–Crippen LogP) is 2.60. The number of carbonyl (C=O) groups is 2.